The first kappa shape index (κ1) is 38.0. The highest BCUT2D eigenvalue weighted by Gasteiger charge is 2.10. The van der Waals surface area contributed by atoms with E-state index in [2.05, 4.69) is 53.4 Å². The minimum atomic E-state index is 0.874. The van der Waals surface area contributed by atoms with Crippen LogP contribution in [0.15, 0.2) is 0 Å². The van der Waals surface area contributed by atoms with E-state index in [1.807, 2.05) is 0 Å². The van der Waals surface area contributed by atoms with E-state index < -0.39 is 0 Å². The lowest BCUT2D eigenvalue weighted by molar-refractivity contribution is 0.255. The normalized spacial score (nSPS) is 14.4. The maximum Gasteiger partial charge on any atom is -0.00163 e. The molecule has 38 heavy (non-hydrogen) atoms. The van der Waals surface area contributed by atoms with Crippen molar-refractivity contribution in [3.8, 4) is 0 Å². The number of hydrogen-bond acceptors (Lipinski definition) is 1. The molecule has 0 heterocycles. The molecule has 0 aliphatic carbocycles. The third-order valence-corrected chi connectivity index (χ3v) is 9.23. The smallest absolute Gasteiger partial charge is 0.00163 e. The summed E-state index contributed by atoms with van der Waals surface area (Å²) in [5.74, 6) is 3.62. The van der Waals surface area contributed by atoms with Crippen molar-refractivity contribution in [3.05, 3.63) is 0 Å². The Morgan fingerprint density at radius 1 is 0.368 bits per heavy atom. The van der Waals surface area contributed by atoms with Gasteiger partial charge >= 0.3 is 0 Å². The van der Waals surface area contributed by atoms with Crippen molar-refractivity contribution in [3.63, 3.8) is 0 Å². The average molecular weight is 536 g/mol. The third kappa shape index (κ3) is 27.5. The van der Waals surface area contributed by atoms with Gasteiger partial charge in [-0.2, -0.15) is 0 Å². The minimum Gasteiger partial charge on any atom is -0.304 e. The van der Waals surface area contributed by atoms with Crippen molar-refractivity contribution >= 4 is 0 Å². The lowest BCUT2D eigenvalue weighted by Gasteiger charge is -2.22. The van der Waals surface area contributed by atoms with Gasteiger partial charge in [-0.3, -0.25) is 0 Å². The van der Waals surface area contributed by atoms with Gasteiger partial charge in [0.2, 0.25) is 0 Å². The second-order valence-electron chi connectivity index (χ2n) is 14.0. The fraction of sp³-hybridized carbons (Fsp3) is 1.00. The summed E-state index contributed by atoms with van der Waals surface area (Å²) in [6, 6.07) is 0. The van der Waals surface area contributed by atoms with E-state index >= 15 is 0 Å². The van der Waals surface area contributed by atoms with Crippen LogP contribution < -0.4 is 0 Å². The first-order valence-electron chi connectivity index (χ1n) is 18.1. The number of rotatable bonds is 30. The van der Waals surface area contributed by atoms with Gasteiger partial charge in [0.1, 0.15) is 0 Å². The molecule has 1 nitrogen and oxygen atoms in total. The molecule has 3 unspecified atom stereocenters. The summed E-state index contributed by atoms with van der Waals surface area (Å²) >= 11 is 0. The van der Waals surface area contributed by atoms with Gasteiger partial charge in [0, 0.05) is 0 Å². The van der Waals surface area contributed by atoms with Crippen LogP contribution in [-0.2, 0) is 0 Å². The Labute approximate surface area is 244 Å². The molecule has 0 amide bonds. The monoisotopic (exact) mass is 536 g/mol. The van der Waals surface area contributed by atoms with Gasteiger partial charge < -0.3 is 4.90 Å². The Morgan fingerprint density at radius 2 is 0.737 bits per heavy atom. The molecule has 230 valence electrons. The second-order valence-corrected chi connectivity index (χ2v) is 14.0. The molecule has 0 bridgehead atoms. The second kappa shape index (κ2) is 28.5. The molecule has 0 fully saturated rings. The Balaban J connectivity index is 3.60. The highest BCUT2D eigenvalue weighted by Crippen LogP contribution is 2.23. The van der Waals surface area contributed by atoms with Crippen LogP contribution >= 0.6 is 0 Å². The summed E-state index contributed by atoms with van der Waals surface area (Å²) in [4.78, 5) is 2.72. The first-order valence-corrected chi connectivity index (χ1v) is 18.1. The first-order chi connectivity index (χ1) is 18.4. The maximum absolute atomic E-state index is 2.72. The van der Waals surface area contributed by atoms with Crippen LogP contribution in [-0.4, -0.2) is 24.5 Å². The molecule has 0 spiro atoms. The average Bonchev–Trinajstić information content (AvgIpc) is 2.88. The van der Waals surface area contributed by atoms with E-state index in [0.717, 1.165) is 23.7 Å². The molecule has 0 rings (SSSR count). The molecule has 1 heteroatoms. The molecule has 0 N–H and O–H groups in total. The summed E-state index contributed by atoms with van der Waals surface area (Å²) in [7, 11) is 0. The van der Waals surface area contributed by atoms with Crippen molar-refractivity contribution < 1.29 is 0 Å². The van der Waals surface area contributed by atoms with Crippen molar-refractivity contribution in [1.82, 2.24) is 4.90 Å². The van der Waals surface area contributed by atoms with Gasteiger partial charge in [-0.15, -0.1) is 0 Å². The SMILES string of the molecule is CCCCCCCCCCCCCCCN(CC)CCC(C)CCCC(C)CCCC(C)CCCC(C)C. The van der Waals surface area contributed by atoms with Crippen LogP contribution in [0.4, 0.5) is 0 Å². The molecule has 0 aromatic carbocycles. The van der Waals surface area contributed by atoms with Crippen LogP contribution in [0, 0.1) is 23.7 Å². The Hall–Kier alpha value is -0.0400. The van der Waals surface area contributed by atoms with Crippen LogP contribution in [0.5, 0.6) is 0 Å². The van der Waals surface area contributed by atoms with E-state index in [9.17, 15) is 0 Å². The largest absolute Gasteiger partial charge is 0.304 e. The van der Waals surface area contributed by atoms with Crippen LogP contribution in [0.3, 0.4) is 0 Å². The van der Waals surface area contributed by atoms with Gasteiger partial charge in [0.05, 0.1) is 0 Å². The molecule has 3 atom stereocenters. The van der Waals surface area contributed by atoms with Crippen LogP contribution in [0.1, 0.15) is 196 Å². The molecule has 0 aliphatic rings. The summed E-state index contributed by atoms with van der Waals surface area (Å²) in [5, 5.41) is 0. The van der Waals surface area contributed by atoms with Gasteiger partial charge in [-0.1, -0.05) is 183 Å². The van der Waals surface area contributed by atoms with E-state index in [-0.39, 0.29) is 0 Å². The van der Waals surface area contributed by atoms with Crippen LogP contribution in [0.2, 0.25) is 0 Å². The quantitative estimate of drug-likeness (QED) is 0.0826. The summed E-state index contributed by atoms with van der Waals surface area (Å²) < 4.78 is 0. The third-order valence-electron chi connectivity index (χ3n) is 9.23. The highest BCUT2D eigenvalue weighted by atomic mass is 15.1. The van der Waals surface area contributed by atoms with Gasteiger partial charge in [-0.25, -0.2) is 0 Å². The lowest BCUT2D eigenvalue weighted by Crippen LogP contribution is -2.26. The van der Waals surface area contributed by atoms with E-state index in [1.165, 1.54) is 167 Å². The Bertz CT molecular complexity index is 444. The molecule has 0 aliphatic heterocycles. The predicted molar refractivity (Wildman–Crippen MR) is 176 cm³/mol. The predicted octanol–water partition coefficient (Wildman–Crippen LogP) is 12.9. The van der Waals surface area contributed by atoms with Crippen molar-refractivity contribution in [1.29, 1.82) is 0 Å². The van der Waals surface area contributed by atoms with Crippen LogP contribution in [0.25, 0.3) is 0 Å². The zero-order valence-electron chi connectivity index (χ0n) is 28.1. The fourth-order valence-electron chi connectivity index (χ4n) is 6.12. The molecular weight excluding hydrogens is 458 g/mol. The number of unbranched alkanes of at least 4 members (excludes halogenated alkanes) is 12. The van der Waals surface area contributed by atoms with E-state index in [0.29, 0.717) is 0 Å². The summed E-state index contributed by atoms with van der Waals surface area (Å²) in [5.41, 5.74) is 0. The van der Waals surface area contributed by atoms with Gasteiger partial charge in [0.15, 0.2) is 0 Å². The standard InChI is InChI=1S/C37H77N/c1-8-10-11-12-13-14-15-16-17-18-19-20-21-32-38(9-2)33-31-37(7)30-24-29-36(6)28-23-27-35(5)26-22-25-34(3)4/h34-37H,8-33H2,1-7H3. The van der Waals surface area contributed by atoms with Gasteiger partial charge in [-0.05, 0) is 56.1 Å². The van der Waals surface area contributed by atoms with E-state index in [1.54, 1.807) is 0 Å². The minimum absolute atomic E-state index is 0.874. The fourth-order valence-corrected chi connectivity index (χ4v) is 6.12. The molecular formula is C37H77N. The summed E-state index contributed by atoms with van der Waals surface area (Å²) in [6.45, 7) is 20.7. The Kier molecular flexibility index (Phi) is 28.5. The van der Waals surface area contributed by atoms with E-state index in [4.69, 9.17) is 0 Å². The van der Waals surface area contributed by atoms with Crippen molar-refractivity contribution in [2.24, 2.45) is 23.7 Å². The van der Waals surface area contributed by atoms with Gasteiger partial charge in [0.25, 0.3) is 0 Å². The Morgan fingerprint density at radius 3 is 1.13 bits per heavy atom. The topological polar surface area (TPSA) is 3.24 Å². The highest BCUT2D eigenvalue weighted by molar-refractivity contribution is 4.64. The molecule has 0 radical (unpaired) electrons. The zero-order valence-corrected chi connectivity index (χ0v) is 28.1. The summed E-state index contributed by atoms with van der Waals surface area (Å²) in [6.07, 6.45) is 33.2. The molecule has 0 saturated carbocycles. The maximum atomic E-state index is 2.72. The zero-order chi connectivity index (χ0) is 28.3. The van der Waals surface area contributed by atoms with Crippen molar-refractivity contribution in [2.75, 3.05) is 19.6 Å². The lowest BCUT2D eigenvalue weighted by atomic mass is 9.90. The number of nitrogens with zero attached hydrogens (tertiary/aromatic N) is 1. The molecule has 0 aromatic rings. The van der Waals surface area contributed by atoms with Crippen molar-refractivity contribution in [2.45, 2.75) is 196 Å². The number of hydrogen-bond donors (Lipinski definition) is 0. The molecule has 0 saturated heterocycles. The molecule has 0 aromatic heterocycles.